The molecule has 4 aromatic rings. The maximum Gasteiger partial charge on any atom is 0.175 e. The lowest BCUT2D eigenvalue weighted by Crippen LogP contribution is -2.05. The average Bonchev–Trinajstić information content (AvgIpc) is 3.47. The number of terminal acetylenes is 1. The summed E-state index contributed by atoms with van der Waals surface area (Å²) in [7, 11) is 0. The quantitative estimate of drug-likeness (QED) is 0.430. The Hall–Kier alpha value is -3.46. The van der Waals surface area contributed by atoms with Crippen LogP contribution in [0.1, 0.15) is 44.0 Å². The highest BCUT2D eigenvalue weighted by Gasteiger charge is 2.30. The summed E-state index contributed by atoms with van der Waals surface area (Å²) >= 11 is 0. The van der Waals surface area contributed by atoms with Crippen LogP contribution in [0.25, 0.3) is 32.9 Å². The van der Waals surface area contributed by atoms with Crippen molar-refractivity contribution < 1.29 is 13.9 Å². The molecule has 0 radical (unpaired) electrons. The Morgan fingerprint density at radius 1 is 1.26 bits per heavy atom. The minimum atomic E-state index is -0.575. The van der Waals surface area contributed by atoms with Gasteiger partial charge in [0.15, 0.2) is 5.82 Å². The van der Waals surface area contributed by atoms with Crippen LogP contribution in [0.15, 0.2) is 30.5 Å². The van der Waals surface area contributed by atoms with E-state index in [1.165, 1.54) is 24.3 Å². The largest absolute Gasteiger partial charge is 0.508 e. The van der Waals surface area contributed by atoms with Gasteiger partial charge in [0, 0.05) is 16.3 Å². The van der Waals surface area contributed by atoms with Crippen LogP contribution in [-0.4, -0.2) is 19.9 Å². The molecule has 1 N–H and O–H groups in total. The summed E-state index contributed by atoms with van der Waals surface area (Å²) in [4.78, 5) is 4.67. The number of phenolic OH excluding ortho intramolecular Hbond substituents is 1. The fraction of sp³-hybridized carbons (Fsp3) is 0.280. The van der Waals surface area contributed by atoms with Crippen LogP contribution in [-0.2, 0) is 6.42 Å². The normalized spacial score (nSPS) is 13.9. The summed E-state index contributed by atoms with van der Waals surface area (Å²) in [6, 6.07) is 5.83. The van der Waals surface area contributed by atoms with E-state index in [0.29, 0.717) is 28.1 Å². The van der Waals surface area contributed by atoms with Crippen molar-refractivity contribution in [3.8, 4) is 29.4 Å². The van der Waals surface area contributed by atoms with E-state index in [-0.39, 0.29) is 34.5 Å². The number of halogens is 2. The number of aromatic hydroxyl groups is 1. The van der Waals surface area contributed by atoms with Gasteiger partial charge in [0.25, 0.3) is 0 Å². The first kappa shape index (κ1) is 19.5. The SMILES string of the molecule is C#Cc1c(F)ccc2cc(O)cc(-c3nc(CC(C)C)c4cnn(C5CC5)c4c3F)c12. The molecule has 0 saturated heterocycles. The molecule has 2 aromatic heterocycles. The molecule has 1 fully saturated rings. The maximum atomic E-state index is 16.0. The van der Waals surface area contributed by atoms with Crippen LogP contribution < -0.4 is 0 Å². The Kier molecular flexibility index (Phi) is 4.44. The van der Waals surface area contributed by atoms with Gasteiger partial charge in [-0.2, -0.15) is 5.10 Å². The number of rotatable bonds is 4. The molecular formula is C25H21F2N3O. The van der Waals surface area contributed by atoms with Crippen molar-refractivity contribution in [3.63, 3.8) is 0 Å². The Morgan fingerprint density at radius 2 is 2.03 bits per heavy atom. The molecule has 6 heteroatoms. The van der Waals surface area contributed by atoms with E-state index in [9.17, 15) is 9.50 Å². The molecule has 1 aliphatic carbocycles. The third-order valence-electron chi connectivity index (χ3n) is 5.71. The highest BCUT2D eigenvalue weighted by atomic mass is 19.1. The molecule has 4 nitrogen and oxygen atoms in total. The first-order chi connectivity index (χ1) is 14.9. The van der Waals surface area contributed by atoms with Gasteiger partial charge in [-0.1, -0.05) is 25.8 Å². The number of hydrogen-bond acceptors (Lipinski definition) is 3. The molecule has 2 heterocycles. The number of nitrogens with zero attached hydrogens (tertiary/aromatic N) is 3. The zero-order chi connectivity index (χ0) is 21.9. The molecule has 2 aromatic carbocycles. The van der Waals surface area contributed by atoms with E-state index in [1.54, 1.807) is 10.9 Å². The van der Waals surface area contributed by atoms with Crippen molar-refractivity contribution in [1.82, 2.24) is 14.8 Å². The van der Waals surface area contributed by atoms with Crippen LogP contribution in [0, 0.1) is 29.9 Å². The van der Waals surface area contributed by atoms with Crippen molar-refractivity contribution in [2.75, 3.05) is 0 Å². The number of benzene rings is 2. The monoisotopic (exact) mass is 417 g/mol. The Morgan fingerprint density at radius 3 is 2.71 bits per heavy atom. The van der Waals surface area contributed by atoms with Crippen molar-refractivity contribution in [2.24, 2.45) is 5.92 Å². The molecule has 0 amide bonds. The summed E-state index contributed by atoms with van der Waals surface area (Å²) in [6.45, 7) is 4.13. The molecule has 0 bridgehead atoms. The average molecular weight is 417 g/mol. The molecule has 5 rings (SSSR count). The van der Waals surface area contributed by atoms with E-state index in [0.717, 1.165) is 18.5 Å². The van der Waals surface area contributed by atoms with Gasteiger partial charge in [-0.05, 0) is 48.8 Å². The number of pyridine rings is 1. The second-order valence-corrected chi connectivity index (χ2v) is 8.56. The predicted octanol–water partition coefficient (Wildman–Crippen LogP) is 5.75. The van der Waals surface area contributed by atoms with E-state index >= 15 is 4.39 Å². The van der Waals surface area contributed by atoms with Crippen LogP contribution in [0.5, 0.6) is 5.75 Å². The molecule has 156 valence electrons. The van der Waals surface area contributed by atoms with Crippen LogP contribution in [0.4, 0.5) is 8.78 Å². The summed E-state index contributed by atoms with van der Waals surface area (Å²) in [5, 5.41) is 16.3. The summed E-state index contributed by atoms with van der Waals surface area (Å²) in [5.74, 6) is 1.49. The Balaban J connectivity index is 1.90. The predicted molar refractivity (Wildman–Crippen MR) is 117 cm³/mol. The van der Waals surface area contributed by atoms with E-state index < -0.39 is 11.6 Å². The third-order valence-corrected chi connectivity index (χ3v) is 5.71. The van der Waals surface area contributed by atoms with Gasteiger partial charge >= 0.3 is 0 Å². The smallest absolute Gasteiger partial charge is 0.175 e. The maximum absolute atomic E-state index is 16.0. The molecule has 0 unspecified atom stereocenters. The van der Waals surface area contributed by atoms with Crippen LogP contribution >= 0.6 is 0 Å². The third kappa shape index (κ3) is 3.12. The molecule has 0 aliphatic heterocycles. The topological polar surface area (TPSA) is 50.9 Å². The summed E-state index contributed by atoms with van der Waals surface area (Å²) in [5.41, 5.74) is 1.47. The lowest BCUT2D eigenvalue weighted by molar-refractivity contribution is 0.476. The number of phenols is 1. The van der Waals surface area contributed by atoms with Gasteiger partial charge in [-0.3, -0.25) is 4.68 Å². The fourth-order valence-electron chi connectivity index (χ4n) is 4.22. The number of hydrogen-bond donors (Lipinski definition) is 1. The molecule has 0 spiro atoms. The van der Waals surface area contributed by atoms with Crippen LogP contribution in [0.2, 0.25) is 0 Å². The van der Waals surface area contributed by atoms with Crippen molar-refractivity contribution >= 4 is 21.7 Å². The summed E-state index contributed by atoms with van der Waals surface area (Å²) < 4.78 is 32.2. The van der Waals surface area contributed by atoms with Crippen molar-refractivity contribution in [2.45, 2.75) is 39.2 Å². The number of fused-ring (bicyclic) bond motifs is 2. The highest BCUT2D eigenvalue weighted by Crippen LogP contribution is 2.41. The molecule has 1 aliphatic rings. The zero-order valence-corrected chi connectivity index (χ0v) is 17.3. The van der Waals surface area contributed by atoms with Gasteiger partial charge in [0.05, 0.1) is 23.5 Å². The first-order valence-electron chi connectivity index (χ1n) is 10.4. The van der Waals surface area contributed by atoms with Gasteiger partial charge in [-0.25, -0.2) is 13.8 Å². The van der Waals surface area contributed by atoms with E-state index in [1.807, 2.05) is 0 Å². The first-order valence-corrected chi connectivity index (χ1v) is 10.4. The minimum Gasteiger partial charge on any atom is -0.508 e. The zero-order valence-electron chi connectivity index (χ0n) is 17.3. The number of aromatic nitrogens is 3. The highest BCUT2D eigenvalue weighted by molar-refractivity contribution is 6.02. The molecular weight excluding hydrogens is 396 g/mol. The van der Waals surface area contributed by atoms with Crippen molar-refractivity contribution in [3.05, 3.63) is 53.4 Å². The second-order valence-electron chi connectivity index (χ2n) is 8.56. The summed E-state index contributed by atoms with van der Waals surface area (Å²) in [6.07, 6.45) is 9.82. The van der Waals surface area contributed by atoms with Gasteiger partial charge in [0.1, 0.15) is 22.8 Å². The van der Waals surface area contributed by atoms with E-state index in [2.05, 4.69) is 29.9 Å². The van der Waals surface area contributed by atoms with Gasteiger partial charge in [-0.15, -0.1) is 6.42 Å². The second kappa shape index (κ2) is 7.05. The Labute approximate surface area is 178 Å². The minimum absolute atomic E-state index is 0.0231. The van der Waals surface area contributed by atoms with Crippen molar-refractivity contribution in [1.29, 1.82) is 0 Å². The lowest BCUT2D eigenvalue weighted by Gasteiger charge is -2.15. The molecule has 0 atom stereocenters. The molecule has 1 saturated carbocycles. The fourth-order valence-corrected chi connectivity index (χ4v) is 4.22. The van der Waals surface area contributed by atoms with Crippen LogP contribution in [0.3, 0.4) is 0 Å². The molecule has 31 heavy (non-hydrogen) atoms. The Bertz CT molecular complexity index is 1390. The standard InChI is InChI=1S/C25H21F2N3O/c1-4-17-20(26)8-5-14-10-16(31)11-18(22(14)17)24-23(27)25-19(21(29-24)9-13(2)3)12-28-30(25)15-6-7-15/h1,5,8,10-13,15,31H,6-7,9H2,2-3H3. The van der Waals surface area contributed by atoms with Gasteiger partial charge < -0.3 is 5.11 Å². The van der Waals surface area contributed by atoms with Gasteiger partial charge in [0.2, 0.25) is 0 Å². The lowest BCUT2D eigenvalue weighted by atomic mass is 9.95. The van der Waals surface area contributed by atoms with E-state index in [4.69, 9.17) is 6.42 Å².